The molecule has 0 bridgehead atoms. The molecule has 1 aromatic heterocycles. The van der Waals surface area contributed by atoms with Crippen LogP contribution in [0.15, 0.2) is 53.5 Å². The van der Waals surface area contributed by atoms with Gasteiger partial charge in [0.2, 0.25) is 0 Å². The predicted octanol–water partition coefficient (Wildman–Crippen LogP) is 4.14. The molecule has 0 aliphatic rings. The fourth-order valence-corrected chi connectivity index (χ4v) is 2.65. The van der Waals surface area contributed by atoms with Crippen molar-refractivity contribution in [3.63, 3.8) is 0 Å². The van der Waals surface area contributed by atoms with E-state index in [1.165, 1.54) is 0 Å². The molecule has 3 rings (SSSR count). The van der Waals surface area contributed by atoms with Crippen molar-refractivity contribution in [3.05, 3.63) is 59.7 Å². The van der Waals surface area contributed by atoms with Crippen LogP contribution in [0.2, 0.25) is 0 Å². The first kappa shape index (κ1) is 16.9. The minimum atomic E-state index is -0.986. The summed E-state index contributed by atoms with van der Waals surface area (Å²) in [6.07, 6.45) is 0. The van der Waals surface area contributed by atoms with Crippen molar-refractivity contribution in [2.75, 3.05) is 5.88 Å². The van der Waals surface area contributed by atoms with Crippen LogP contribution >= 0.6 is 11.6 Å². The molecule has 0 spiro atoms. The maximum absolute atomic E-state index is 11.7. The van der Waals surface area contributed by atoms with Gasteiger partial charge in [0.25, 0.3) is 0 Å². The van der Waals surface area contributed by atoms with E-state index >= 15 is 0 Å². The molecule has 0 amide bonds. The second-order valence-corrected chi connectivity index (χ2v) is 5.94. The minimum absolute atomic E-state index is 0.140. The van der Waals surface area contributed by atoms with Crippen LogP contribution in [0.5, 0.6) is 0 Å². The van der Waals surface area contributed by atoms with Gasteiger partial charge in [-0.2, -0.15) is 0 Å². The number of pyridine rings is 1. The maximum Gasteiger partial charge on any atom is 0.336 e. The predicted molar refractivity (Wildman–Crippen MR) is 101 cm³/mol. The molecule has 1 heterocycles. The zero-order chi connectivity index (χ0) is 18.0. The Morgan fingerprint density at radius 1 is 1.24 bits per heavy atom. The van der Waals surface area contributed by atoms with E-state index in [2.05, 4.69) is 9.98 Å². The first-order valence-electron chi connectivity index (χ1n) is 7.62. The largest absolute Gasteiger partial charge is 0.478 e. The van der Waals surface area contributed by atoms with Crippen molar-refractivity contribution in [2.45, 2.75) is 6.92 Å². The van der Waals surface area contributed by atoms with Gasteiger partial charge in [0.1, 0.15) is 5.84 Å². The van der Waals surface area contributed by atoms with Crippen molar-refractivity contribution in [1.29, 1.82) is 0 Å². The minimum Gasteiger partial charge on any atom is -0.478 e. The molecule has 0 atom stereocenters. The molecule has 126 valence electrons. The van der Waals surface area contributed by atoms with Gasteiger partial charge in [0.05, 0.1) is 28.3 Å². The maximum atomic E-state index is 11.7. The number of nitrogens with zero attached hydrogens (tertiary/aromatic N) is 2. The molecule has 6 heteroatoms. The van der Waals surface area contributed by atoms with Crippen LogP contribution in [0.1, 0.15) is 15.9 Å². The first-order valence-corrected chi connectivity index (χ1v) is 8.15. The second-order valence-electron chi connectivity index (χ2n) is 5.67. The molecule has 0 aliphatic heterocycles. The van der Waals surface area contributed by atoms with Crippen LogP contribution < -0.4 is 5.73 Å². The van der Waals surface area contributed by atoms with Crippen LogP contribution in [0, 0.1) is 6.92 Å². The number of carboxylic acids is 1. The second kappa shape index (κ2) is 6.91. The number of nitrogens with two attached hydrogens (primary N) is 1. The number of halogens is 1. The molecule has 0 fully saturated rings. The standard InChI is InChI=1S/C19H16ClN3O2/c1-11-5-6-16-14(7-11)15(19(24)25)9-17(23-16)12-3-2-4-13(8-12)22-18(21)10-20/h2-9H,10H2,1H3,(H2,21,22)(H,24,25). The van der Waals surface area contributed by atoms with Gasteiger partial charge in [-0.25, -0.2) is 14.8 Å². The fourth-order valence-electron chi connectivity index (χ4n) is 2.59. The Morgan fingerprint density at radius 2 is 2.04 bits per heavy atom. The summed E-state index contributed by atoms with van der Waals surface area (Å²) in [4.78, 5) is 20.5. The highest BCUT2D eigenvalue weighted by Gasteiger charge is 2.13. The van der Waals surface area contributed by atoms with E-state index in [-0.39, 0.29) is 11.4 Å². The monoisotopic (exact) mass is 353 g/mol. The number of aromatic carboxylic acids is 1. The quantitative estimate of drug-likeness (QED) is 0.419. The van der Waals surface area contributed by atoms with E-state index in [1.54, 1.807) is 18.2 Å². The van der Waals surface area contributed by atoms with Crippen LogP contribution in [-0.2, 0) is 0 Å². The molecule has 3 N–H and O–H groups in total. The number of benzene rings is 2. The zero-order valence-electron chi connectivity index (χ0n) is 13.5. The number of hydrogen-bond acceptors (Lipinski definition) is 3. The number of rotatable bonds is 4. The van der Waals surface area contributed by atoms with Crippen molar-refractivity contribution < 1.29 is 9.90 Å². The molecule has 0 aliphatic carbocycles. The van der Waals surface area contributed by atoms with Crippen molar-refractivity contribution >= 4 is 40.0 Å². The SMILES string of the molecule is Cc1ccc2nc(-c3cccc(N=C(N)CCl)c3)cc(C(=O)O)c2c1. The van der Waals surface area contributed by atoms with Crippen LogP contribution in [0.25, 0.3) is 22.2 Å². The third kappa shape index (κ3) is 3.61. The Morgan fingerprint density at radius 3 is 2.76 bits per heavy atom. The molecule has 0 saturated heterocycles. The lowest BCUT2D eigenvalue weighted by Crippen LogP contribution is -2.12. The van der Waals surface area contributed by atoms with E-state index in [1.807, 2.05) is 37.3 Å². The Hall–Kier alpha value is -2.92. The summed E-state index contributed by atoms with van der Waals surface area (Å²) in [5.74, 6) is -0.534. The normalized spacial score (nSPS) is 11.7. The number of carboxylic acid groups (broad SMARTS) is 1. The molecule has 2 aromatic carbocycles. The van der Waals surface area contributed by atoms with Crippen molar-refractivity contribution in [1.82, 2.24) is 4.98 Å². The number of fused-ring (bicyclic) bond motifs is 1. The van der Waals surface area contributed by atoms with Crippen molar-refractivity contribution in [3.8, 4) is 11.3 Å². The Balaban J connectivity index is 2.18. The number of hydrogen-bond donors (Lipinski definition) is 2. The molecule has 5 nitrogen and oxygen atoms in total. The van der Waals surface area contributed by atoms with Crippen LogP contribution in [-0.4, -0.2) is 27.8 Å². The van der Waals surface area contributed by atoms with Gasteiger partial charge in [-0.05, 0) is 37.3 Å². The average molecular weight is 354 g/mol. The van der Waals surface area contributed by atoms with Crippen LogP contribution in [0.3, 0.4) is 0 Å². The van der Waals surface area contributed by atoms with Gasteiger partial charge < -0.3 is 10.8 Å². The van der Waals surface area contributed by atoms with Gasteiger partial charge in [-0.15, -0.1) is 11.6 Å². The van der Waals surface area contributed by atoms with Gasteiger partial charge >= 0.3 is 5.97 Å². The number of aromatic nitrogens is 1. The summed E-state index contributed by atoms with van der Waals surface area (Å²) in [6.45, 7) is 1.92. The topological polar surface area (TPSA) is 88.6 Å². The third-order valence-corrected chi connectivity index (χ3v) is 4.02. The first-order chi connectivity index (χ1) is 12.0. The molecule has 0 saturated carbocycles. The summed E-state index contributed by atoms with van der Waals surface area (Å²) < 4.78 is 0. The Bertz CT molecular complexity index is 999. The number of aliphatic imine (C=N–C) groups is 1. The summed E-state index contributed by atoms with van der Waals surface area (Å²) in [5, 5.41) is 10.2. The lowest BCUT2D eigenvalue weighted by atomic mass is 10.0. The number of alkyl halides is 1. The number of amidine groups is 1. The Labute approximate surface area is 149 Å². The molecule has 3 aromatic rings. The lowest BCUT2D eigenvalue weighted by Gasteiger charge is -2.08. The molecule has 0 radical (unpaired) electrons. The van der Waals surface area contributed by atoms with Gasteiger partial charge in [0.15, 0.2) is 0 Å². The van der Waals surface area contributed by atoms with Crippen LogP contribution in [0.4, 0.5) is 5.69 Å². The molecular formula is C19H16ClN3O2. The van der Waals surface area contributed by atoms with Gasteiger partial charge in [-0.3, -0.25) is 0 Å². The van der Waals surface area contributed by atoms with E-state index in [9.17, 15) is 9.90 Å². The summed E-state index contributed by atoms with van der Waals surface area (Å²) in [5.41, 5.74) is 9.47. The van der Waals surface area contributed by atoms with E-state index in [4.69, 9.17) is 17.3 Å². The average Bonchev–Trinajstić information content (AvgIpc) is 2.60. The summed E-state index contributed by atoms with van der Waals surface area (Å²) in [6, 6.07) is 14.4. The highest BCUT2D eigenvalue weighted by atomic mass is 35.5. The molecule has 25 heavy (non-hydrogen) atoms. The highest BCUT2D eigenvalue weighted by molar-refractivity contribution is 6.28. The Kier molecular flexibility index (Phi) is 4.67. The van der Waals surface area contributed by atoms with Crippen molar-refractivity contribution in [2.24, 2.45) is 10.7 Å². The molecule has 0 unspecified atom stereocenters. The van der Waals surface area contributed by atoms with E-state index in [0.717, 1.165) is 11.1 Å². The highest BCUT2D eigenvalue weighted by Crippen LogP contribution is 2.28. The number of aryl methyl sites for hydroxylation is 1. The van der Waals surface area contributed by atoms with Gasteiger partial charge in [-0.1, -0.05) is 23.8 Å². The number of carbonyl (C=O) groups is 1. The zero-order valence-corrected chi connectivity index (χ0v) is 14.3. The van der Waals surface area contributed by atoms with E-state index in [0.29, 0.717) is 28.1 Å². The fraction of sp³-hybridized carbons (Fsp3) is 0.105. The molecular weight excluding hydrogens is 338 g/mol. The summed E-state index contributed by atoms with van der Waals surface area (Å²) >= 11 is 5.66. The van der Waals surface area contributed by atoms with E-state index < -0.39 is 5.97 Å². The lowest BCUT2D eigenvalue weighted by molar-refractivity contribution is 0.0699. The summed E-state index contributed by atoms with van der Waals surface area (Å²) in [7, 11) is 0. The van der Waals surface area contributed by atoms with Gasteiger partial charge in [0, 0.05) is 10.9 Å². The third-order valence-electron chi connectivity index (χ3n) is 3.75. The smallest absolute Gasteiger partial charge is 0.336 e.